The summed E-state index contributed by atoms with van der Waals surface area (Å²) in [5.74, 6) is -0.323. The van der Waals surface area contributed by atoms with Gasteiger partial charge in [-0.25, -0.2) is 4.39 Å². The highest BCUT2D eigenvalue weighted by atomic mass is 35.5. The lowest BCUT2D eigenvalue weighted by molar-refractivity contribution is 0.157. The first-order chi connectivity index (χ1) is 10.2. The summed E-state index contributed by atoms with van der Waals surface area (Å²) in [5, 5.41) is 22.5. The van der Waals surface area contributed by atoms with Crippen LogP contribution in [0.3, 0.4) is 0 Å². The molecule has 0 radical (unpaired) electrons. The van der Waals surface area contributed by atoms with Crippen LogP contribution < -0.4 is 5.32 Å². The molecule has 1 aliphatic carbocycles. The number of phenolic OH excluding ortho intramolecular Hbond substituents is 1. The average molecular weight is 362 g/mol. The predicted molar refractivity (Wildman–Crippen MR) is 91.8 cm³/mol. The molecular formula is C16H22Cl2FN3O. The smallest absolute Gasteiger partial charge is 0.166 e. The van der Waals surface area contributed by atoms with E-state index in [9.17, 15) is 9.50 Å². The number of nitrogens with zero attached hydrogens (tertiary/aromatic N) is 2. The van der Waals surface area contributed by atoms with Gasteiger partial charge in [0.15, 0.2) is 11.6 Å². The molecular weight excluding hydrogens is 340 g/mol. The number of phenols is 1. The van der Waals surface area contributed by atoms with Crippen molar-refractivity contribution in [3.05, 3.63) is 29.1 Å². The zero-order valence-electron chi connectivity index (χ0n) is 12.8. The fraction of sp³-hybridized carbons (Fsp3) is 0.562. The Morgan fingerprint density at radius 3 is 2.52 bits per heavy atom. The number of rotatable bonds is 4. The van der Waals surface area contributed by atoms with Crippen LogP contribution in [-0.2, 0) is 0 Å². The van der Waals surface area contributed by atoms with Crippen molar-refractivity contribution < 1.29 is 9.50 Å². The average Bonchev–Trinajstić information content (AvgIpc) is 3.33. The van der Waals surface area contributed by atoms with Gasteiger partial charge in [-0.3, -0.25) is 4.90 Å². The molecule has 2 fully saturated rings. The van der Waals surface area contributed by atoms with E-state index in [1.54, 1.807) is 6.07 Å². The van der Waals surface area contributed by atoms with Crippen LogP contribution in [0, 0.1) is 23.1 Å². The molecule has 1 atom stereocenters. The van der Waals surface area contributed by atoms with Crippen LogP contribution in [0.5, 0.6) is 5.75 Å². The van der Waals surface area contributed by atoms with E-state index >= 15 is 0 Å². The molecule has 0 amide bonds. The van der Waals surface area contributed by atoms with Crippen molar-refractivity contribution in [1.82, 2.24) is 10.2 Å². The Kier molecular flexibility index (Phi) is 7.56. The Bertz CT molecular complexity index is 569. The summed E-state index contributed by atoms with van der Waals surface area (Å²) in [6.45, 7) is 3.58. The van der Waals surface area contributed by atoms with Crippen molar-refractivity contribution in [2.24, 2.45) is 5.92 Å². The Balaban J connectivity index is 0.00000132. The third-order valence-corrected chi connectivity index (χ3v) is 4.43. The number of nitrogens with one attached hydrogen (secondary N) is 1. The second kappa shape index (κ2) is 8.70. The van der Waals surface area contributed by atoms with Gasteiger partial charge in [-0.05, 0) is 24.5 Å². The van der Waals surface area contributed by atoms with Crippen LogP contribution in [-0.4, -0.2) is 36.2 Å². The SMILES string of the molecule is Cl.Cl.N#Cc1cc(F)c(O)c([C@@H](CC2CC2)N2CCNCC2)c1. The molecule has 0 bridgehead atoms. The number of piperazine rings is 1. The minimum absolute atomic E-state index is 0. The maximum atomic E-state index is 13.9. The van der Waals surface area contributed by atoms with Crippen molar-refractivity contribution in [2.75, 3.05) is 26.2 Å². The van der Waals surface area contributed by atoms with Gasteiger partial charge in [0.2, 0.25) is 0 Å². The Morgan fingerprint density at radius 1 is 1.30 bits per heavy atom. The molecule has 1 aromatic rings. The largest absolute Gasteiger partial charge is 0.505 e. The second-order valence-electron chi connectivity index (χ2n) is 5.99. The molecule has 1 saturated heterocycles. The number of nitriles is 1. The summed E-state index contributed by atoms with van der Waals surface area (Å²) >= 11 is 0. The molecule has 0 unspecified atom stereocenters. The molecule has 128 valence electrons. The van der Waals surface area contributed by atoms with Crippen LogP contribution in [0.4, 0.5) is 4.39 Å². The zero-order chi connectivity index (χ0) is 14.8. The standard InChI is InChI=1S/C16H20FN3O.2ClH/c17-14-8-12(10-18)7-13(16(14)21)15(9-11-1-2-11)20-5-3-19-4-6-20;;/h7-8,11,15,19,21H,1-6,9H2;2*1H/t15-;;/m1../s1. The van der Waals surface area contributed by atoms with Crippen molar-refractivity contribution in [2.45, 2.75) is 25.3 Å². The van der Waals surface area contributed by atoms with Gasteiger partial charge in [0.1, 0.15) is 0 Å². The van der Waals surface area contributed by atoms with E-state index in [1.807, 2.05) is 6.07 Å². The maximum Gasteiger partial charge on any atom is 0.166 e. The molecule has 2 N–H and O–H groups in total. The maximum absolute atomic E-state index is 13.9. The lowest BCUT2D eigenvalue weighted by atomic mass is 9.96. The fourth-order valence-corrected chi connectivity index (χ4v) is 3.07. The Labute approximate surface area is 148 Å². The highest BCUT2D eigenvalue weighted by Gasteiger charge is 2.32. The monoisotopic (exact) mass is 361 g/mol. The molecule has 1 aliphatic heterocycles. The molecule has 0 spiro atoms. The molecule has 1 heterocycles. The predicted octanol–water partition coefficient (Wildman–Crippen LogP) is 2.99. The highest BCUT2D eigenvalue weighted by molar-refractivity contribution is 5.85. The first kappa shape index (κ1) is 20.0. The van der Waals surface area contributed by atoms with Crippen LogP contribution in [0.15, 0.2) is 12.1 Å². The summed E-state index contributed by atoms with van der Waals surface area (Å²) < 4.78 is 13.9. The van der Waals surface area contributed by atoms with Crippen molar-refractivity contribution in [3.63, 3.8) is 0 Å². The van der Waals surface area contributed by atoms with Crippen molar-refractivity contribution in [1.29, 1.82) is 5.26 Å². The van der Waals surface area contributed by atoms with E-state index in [1.165, 1.54) is 12.8 Å². The molecule has 3 rings (SSSR count). The third-order valence-electron chi connectivity index (χ3n) is 4.43. The van der Waals surface area contributed by atoms with E-state index in [4.69, 9.17) is 5.26 Å². The van der Waals surface area contributed by atoms with Gasteiger partial charge in [0, 0.05) is 37.8 Å². The molecule has 7 heteroatoms. The number of hydrogen-bond donors (Lipinski definition) is 2. The Morgan fingerprint density at radius 2 is 1.96 bits per heavy atom. The normalized spacial score (nSPS) is 19.1. The van der Waals surface area contributed by atoms with Crippen LogP contribution >= 0.6 is 24.8 Å². The van der Waals surface area contributed by atoms with Gasteiger partial charge in [-0.15, -0.1) is 24.8 Å². The van der Waals surface area contributed by atoms with E-state index < -0.39 is 5.82 Å². The van der Waals surface area contributed by atoms with Gasteiger partial charge < -0.3 is 10.4 Å². The minimum Gasteiger partial charge on any atom is -0.505 e. The summed E-state index contributed by atoms with van der Waals surface area (Å²) in [7, 11) is 0. The minimum atomic E-state index is -0.694. The second-order valence-corrected chi connectivity index (χ2v) is 5.99. The van der Waals surface area contributed by atoms with Crippen molar-refractivity contribution in [3.8, 4) is 11.8 Å². The quantitative estimate of drug-likeness (QED) is 0.865. The van der Waals surface area contributed by atoms with E-state index in [0.717, 1.165) is 38.7 Å². The molecule has 1 saturated carbocycles. The fourth-order valence-electron chi connectivity index (χ4n) is 3.07. The number of benzene rings is 1. The van der Waals surface area contributed by atoms with E-state index in [-0.39, 0.29) is 42.2 Å². The van der Waals surface area contributed by atoms with E-state index in [0.29, 0.717) is 11.5 Å². The highest BCUT2D eigenvalue weighted by Crippen LogP contribution is 2.43. The zero-order valence-corrected chi connectivity index (χ0v) is 14.4. The van der Waals surface area contributed by atoms with Crippen LogP contribution in [0.25, 0.3) is 0 Å². The van der Waals surface area contributed by atoms with Gasteiger partial charge >= 0.3 is 0 Å². The Hall–Kier alpha value is -1.06. The lowest BCUT2D eigenvalue weighted by Crippen LogP contribution is -2.45. The van der Waals surface area contributed by atoms with Crippen LogP contribution in [0.2, 0.25) is 0 Å². The molecule has 2 aliphatic rings. The number of halogens is 3. The first-order valence-corrected chi connectivity index (χ1v) is 7.56. The molecule has 0 aromatic heterocycles. The van der Waals surface area contributed by atoms with Gasteiger partial charge in [-0.2, -0.15) is 5.26 Å². The van der Waals surface area contributed by atoms with Gasteiger partial charge in [0.05, 0.1) is 11.6 Å². The first-order valence-electron chi connectivity index (χ1n) is 7.56. The third kappa shape index (κ3) is 4.71. The number of aromatic hydroxyl groups is 1. The lowest BCUT2D eigenvalue weighted by Gasteiger charge is -2.35. The number of hydrogen-bond acceptors (Lipinski definition) is 4. The molecule has 1 aromatic carbocycles. The molecule has 23 heavy (non-hydrogen) atoms. The summed E-state index contributed by atoms with van der Waals surface area (Å²) in [5.41, 5.74) is 0.844. The topological polar surface area (TPSA) is 59.3 Å². The van der Waals surface area contributed by atoms with Gasteiger partial charge in [-0.1, -0.05) is 12.8 Å². The summed E-state index contributed by atoms with van der Waals surface area (Å²) in [6.07, 6.45) is 3.36. The van der Waals surface area contributed by atoms with Crippen molar-refractivity contribution >= 4 is 24.8 Å². The molecule has 4 nitrogen and oxygen atoms in total. The summed E-state index contributed by atoms with van der Waals surface area (Å²) in [4.78, 5) is 2.30. The van der Waals surface area contributed by atoms with Crippen LogP contribution in [0.1, 0.15) is 36.4 Å². The van der Waals surface area contributed by atoms with Gasteiger partial charge in [0.25, 0.3) is 0 Å². The van der Waals surface area contributed by atoms with E-state index in [2.05, 4.69) is 10.2 Å². The summed E-state index contributed by atoms with van der Waals surface area (Å²) in [6, 6.07) is 4.73.